The van der Waals surface area contributed by atoms with E-state index in [1.165, 1.54) is 36.1 Å². The molecule has 3 rings (SSSR count). The van der Waals surface area contributed by atoms with Gasteiger partial charge in [-0.3, -0.25) is 0 Å². The fraction of sp³-hybridized carbons (Fsp3) is 0.368. The van der Waals surface area contributed by atoms with Crippen molar-refractivity contribution in [3.63, 3.8) is 0 Å². The largest absolute Gasteiger partial charge is 0.307 e. The number of rotatable bonds is 4. The maximum absolute atomic E-state index is 12.9. The predicted molar refractivity (Wildman–Crippen MR) is 84.9 cm³/mol. The van der Waals surface area contributed by atoms with Gasteiger partial charge in [-0.15, -0.1) is 0 Å². The van der Waals surface area contributed by atoms with Crippen molar-refractivity contribution in [2.24, 2.45) is 0 Å². The second kappa shape index (κ2) is 5.98. The summed E-state index contributed by atoms with van der Waals surface area (Å²) in [4.78, 5) is 0. The molecule has 1 aliphatic rings. The molecular formula is C19H22FN. The van der Waals surface area contributed by atoms with Crippen molar-refractivity contribution in [1.29, 1.82) is 0 Å². The van der Waals surface area contributed by atoms with Gasteiger partial charge in [0.25, 0.3) is 0 Å². The number of hydrogen-bond acceptors (Lipinski definition) is 1. The van der Waals surface area contributed by atoms with Crippen LogP contribution < -0.4 is 5.32 Å². The summed E-state index contributed by atoms with van der Waals surface area (Å²) in [5.74, 6) is 0.511. The molecule has 0 bridgehead atoms. The lowest BCUT2D eigenvalue weighted by Crippen LogP contribution is -2.41. The molecule has 1 atom stereocenters. The van der Waals surface area contributed by atoms with Crippen LogP contribution in [0.15, 0.2) is 48.5 Å². The Morgan fingerprint density at radius 3 is 2.48 bits per heavy atom. The third-order valence-electron chi connectivity index (χ3n) is 4.51. The maximum Gasteiger partial charge on any atom is 0.123 e. The first-order chi connectivity index (χ1) is 10.1. The Balaban J connectivity index is 1.54. The molecule has 0 aliphatic heterocycles. The molecule has 1 aliphatic carbocycles. The van der Waals surface area contributed by atoms with Gasteiger partial charge in [-0.2, -0.15) is 0 Å². The summed E-state index contributed by atoms with van der Waals surface area (Å²) < 4.78 is 12.9. The summed E-state index contributed by atoms with van der Waals surface area (Å²) in [6, 6.07) is 16.5. The average Bonchev–Trinajstić information content (AvgIpc) is 2.43. The van der Waals surface area contributed by atoms with E-state index in [4.69, 9.17) is 0 Å². The van der Waals surface area contributed by atoms with Crippen LogP contribution in [0.1, 0.15) is 48.4 Å². The minimum Gasteiger partial charge on any atom is -0.307 e. The van der Waals surface area contributed by atoms with Gasteiger partial charge in [0.1, 0.15) is 5.82 Å². The van der Waals surface area contributed by atoms with Crippen LogP contribution in [0.5, 0.6) is 0 Å². The lowest BCUT2D eigenvalue weighted by Gasteiger charge is -2.38. The van der Waals surface area contributed by atoms with Gasteiger partial charge < -0.3 is 5.32 Å². The van der Waals surface area contributed by atoms with Crippen LogP contribution in [-0.2, 0) is 0 Å². The molecular weight excluding hydrogens is 261 g/mol. The van der Waals surface area contributed by atoms with E-state index in [2.05, 4.69) is 43.4 Å². The Labute approximate surface area is 126 Å². The Kier molecular flexibility index (Phi) is 4.07. The van der Waals surface area contributed by atoms with Crippen LogP contribution in [0.25, 0.3) is 0 Å². The molecule has 1 N–H and O–H groups in total. The molecule has 0 saturated heterocycles. The molecule has 0 amide bonds. The van der Waals surface area contributed by atoms with E-state index in [1.807, 2.05) is 12.1 Å². The second-order valence-electron chi connectivity index (χ2n) is 6.22. The summed E-state index contributed by atoms with van der Waals surface area (Å²) in [6.45, 7) is 4.29. The van der Waals surface area contributed by atoms with E-state index in [0.717, 1.165) is 5.56 Å². The number of nitrogens with one attached hydrogen (secondary N) is 1. The Morgan fingerprint density at radius 2 is 1.81 bits per heavy atom. The summed E-state index contributed by atoms with van der Waals surface area (Å²) in [5.41, 5.74) is 3.95. The fourth-order valence-electron chi connectivity index (χ4n) is 3.15. The van der Waals surface area contributed by atoms with E-state index in [9.17, 15) is 4.39 Å². The van der Waals surface area contributed by atoms with Gasteiger partial charge in [-0.1, -0.05) is 42.0 Å². The van der Waals surface area contributed by atoms with Gasteiger partial charge in [-0.25, -0.2) is 4.39 Å². The summed E-state index contributed by atoms with van der Waals surface area (Å²) >= 11 is 0. The highest BCUT2D eigenvalue weighted by Crippen LogP contribution is 2.38. The molecule has 2 heteroatoms. The first-order valence-electron chi connectivity index (χ1n) is 7.70. The van der Waals surface area contributed by atoms with E-state index in [0.29, 0.717) is 12.0 Å². The molecule has 0 spiro atoms. The molecule has 0 heterocycles. The second-order valence-corrected chi connectivity index (χ2v) is 6.22. The van der Waals surface area contributed by atoms with Crippen LogP contribution >= 0.6 is 0 Å². The van der Waals surface area contributed by atoms with Crippen LogP contribution in [0.2, 0.25) is 0 Å². The normalized spacial score (nSPS) is 22.6. The molecule has 2 aromatic carbocycles. The number of halogens is 1. The molecule has 110 valence electrons. The summed E-state index contributed by atoms with van der Waals surface area (Å²) in [7, 11) is 0. The predicted octanol–water partition coefficient (Wildman–Crippen LogP) is 4.73. The monoisotopic (exact) mass is 283 g/mol. The fourth-order valence-corrected chi connectivity index (χ4v) is 3.15. The van der Waals surface area contributed by atoms with Gasteiger partial charge in [-0.05, 0) is 55.9 Å². The Morgan fingerprint density at radius 1 is 1.10 bits per heavy atom. The molecule has 0 radical (unpaired) electrons. The van der Waals surface area contributed by atoms with E-state index in [-0.39, 0.29) is 11.9 Å². The van der Waals surface area contributed by atoms with Gasteiger partial charge in [0.15, 0.2) is 0 Å². The molecule has 1 unspecified atom stereocenters. The van der Waals surface area contributed by atoms with Gasteiger partial charge in [0.05, 0.1) is 0 Å². The van der Waals surface area contributed by atoms with Gasteiger partial charge in [0, 0.05) is 12.1 Å². The molecule has 1 fully saturated rings. The highest BCUT2D eigenvalue weighted by Gasteiger charge is 2.31. The molecule has 1 saturated carbocycles. The first-order valence-corrected chi connectivity index (χ1v) is 7.70. The first kappa shape index (κ1) is 14.3. The number of aryl methyl sites for hydroxylation is 1. The molecule has 21 heavy (non-hydrogen) atoms. The van der Waals surface area contributed by atoms with Gasteiger partial charge in [0.2, 0.25) is 0 Å². The van der Waals surface area contributed by atoms with Crippen molar-refractivity contribution in [3.8, 4) is 0 Å². The summed E-state index contributed by atoms with van der Waals surface area (Å²) in [6.07, 6.45) is 2.38. The van der Waals surface area contributed by atoms with Crippen molar-refractivity contribution in [3.05, 3.63) is 71.0 Å². The highest BCUT2D eigenvalue weighted by molar-refractivity contribution is 5.28. The number of benzene rings is 2. The van der Waals surface area contributed by atoms with E-state index in [1.54, 1.807) is 0 Å². The zero-order chi connectivity index (χ0) is 14.8. The third kappa shape index (κ3) is 3.33. The molecule has 2 aromatic rings. The lowest BCUT2D eigenvalue weighted by molar-refractivity contribution is 0.271. The van der Waals surface area contributed by atoms with Crippen LogP contribution in [0, 0.1) is 12.7 Å². The minimum atomic E-state index is -0.172. The summed E-state index contributed by atoms with van der Waals surface area (Å²) in [5, 5.41) is 3.64. The van der Waals surface area contributed by atoms with Crippen molar-refractivity contribution in [2.75, 3.05) is 0 Å². The molecule has 1 nitrogen and oxygen atoms in total. The number of hydrogen-bond donors (Lipinski definition) is 1. The lowest BCUT2D eigenvalue weighted by atomic mass is 9.75. The van der Waals surface area contributed by atoms with Crippen molar-refractivity contribution in [2.45, 2.75) is 44.7 Å². The Bertz CT molecular complexity index is 599. The smallest absolute Gasteiger partial charge is 0.123 e. The van der Waals surface area contributed by atoms with Crippen molar-refractivity contribution in [1.82, 2.24) is 5.32 Å². The maximum atomic E-state index is 12.9. The highest BCUT2D eigenvalue weighted by atomic mass is 19.1. The molecule has 0 aromatic heterocycles. The van der Waals surface area contributed by atoms with E-state index >= 15 is 0 Å². The minimum absolute atomic E-state index is 0.172. The van der Waals surface area contributed by atoms with Gasteiger partial charge >= 0.3 is 0 Å². The topological polar surface area (TPSA) is 12.0 Å². The zero-order valence-electron chi connectivity index (χ0n) is 12.6. The van der Waals surface area contributed by atoms with Crippen molar-refractivity contribution < 1.29 is 4.39 Å². The van der Waals surface area contributed by atoms with Crippen LogP contribution in [0.3, 0.4) is 0 Å². The standard InChI is InChI=1S/C19H22FN/c1-13-4-3-5-16(10-13)17-11-19(12-17)21-14(2)15-6-8-18(20)9-7-15/h3-10,14,17,19,21H,11-12H2,1-2H3. The van der Waals surface area contributed by atoms with Crippen LogP contribution in [0.4, 0.5) is 4.39 Å². The van der Waals surface area contributed by atoms with E-state index < -0.39 is 0 Å². The van der Waals surface area contributed by atoms with Crippen LogP contribution in [-0.4, -0.2) is 6.04 Å². The SMILES string of the molecule is Cc1cccc(C2CC(NC(C)c3ccc(F)cc3)C2)c1. The zero-order valence-corrected chi connectivity index (χ0v) is 12.6. The Hall–Kier alpha value is -1.67. The van der Waals surface area contributed by atoms with Crippen molar-refractivity contribution >= 4 is 0 Å². The average molecular weight is 283 g/mol. The quantitative estimate of drug-likeness (QED) is 0.855. The third-order valence-corrected chi connectivity index (χ3v) is 4.51.